The van der Waals surface area contributed by atoms with Crippen LogP contribution in [0.15, 0.2) is 36.7 Å². The zero-order valence-electron chi connectivity index (χ0n) is 11.5. The number of hydrogen-bond donors (Lipinski definition) is 2. The number of nitrogens with two attached hydrogens (primary N) is 1. The summed E-state index contributed by atoms with van der Waals surface area (Å²) in [6.45, 7) is 0.753. The first-order valence-corrected chi connectivity index (χ1v) is 6.84. The Balaban J connectivity index is 1.64. The summed E-state index contributed by atoms with van der Waals surface area (Å²) in [5.74, 6) is 0.0407. The van der Waals surface area contributed by atoms with Crippen LogP contribution in [0, 0.1) is 5.92 Å². The smallest absolute Gasteiger partial charge is 0.257 e. The maximum atomic E-state index is 12.2. The van der Waals surface area contributed by atoms with Gasteiger partial charge in [-0.25, -0.2) is 4.98 Å². The van der Waals surface area contributed by atoms with E-state index in [1.54, 1.807) is 30.5 Å². The van der Waals surface area contributed by atoms with Crippen LogP contribution in [0.5, 0.6) is 0 Å². The van der Waals surface area contributed by atoms with Gasteiger partial charge in [0.25, 0.3) is 5.91 Å². The summed E-state index contributed by atoms with van der Waals surface area (Å²) in [7, 11) is 0. The van der Waals surface area contributed by atoms with Gasteiger partial charge in [-0.3, -0.25) is 14.9 Å². The quantitative estimate of drug-likeness (QED) is 0.635. The Bertz CT molecular complexity index is 675. The van der Waals surface area contributed by atoms with Crippen molar-refractivity contribution >= 4 is 17.5 Å². The fourth-order valence-corrected chi connectivity index (χ4v) is 2.50. The Kier molecular flexibility index (Phi) is 3.43. The van der Waals surface area contributed by atoms with E-state index >= 15 is 0 Å². The molecular formula is C15H16N4O2. The number of aryl methyl sites for hydroxylation is 1. The summed E-state index contributed by atoms with van der Waals surface area (Å²) < 4.78 is 2.03. The van der Waals surface area contributed by atoms with Crippen molar-refractivity contribution in [2.75, 3.05) is 5.73 Å². The average Bonchev–Trinajstić information content (AvgIpc) is 2.95. The van der Waals surface area contributed by atoms with E-state index in [-0.39, 0.29) is 11.8 Å². The summed E-state index contributed by atoms with van der Waals surface area (Å²) in [5, 5.41) is 2.45. The number of imide groups is 1. The van der Waals surface area contributed by atoms with Crippen molar-refractivity contribution in [3.8, 4) is 0 Å². The lowest BCUT2D eigenvalue weighted by Gasteiger charge is -2.22. The van der Waals surface area contributed by atoms with E-state index < -0.39 is 5.91 Å². The van der Waals surface area contributed by atoms with Crippen LogP contribution in [0.2, 0.25) is 0 Å². The first-order chi connectivity index (χ1) is 10.1. The molecule has 1 aromatic carbocycles. The molecule has 0 bridgehead atoms. The normalized spacial score (nSPS) is 17.0. The second kappa shape index (κ2) is 5.40. The van der Waals surface area contributed by atoms with Gasteiger partial charge in [-0.2, -0.15) is 0 Å². The van der Waals surface area contributed by atoms with Crippen molar-refractivity contribution < 1.29 is 9.59 Å². The number of benzene rings is 1. The largest absolute Gasteiger partial charge is 0.399 e. The molecule has 0 spiro atoms. The third-order valence-electron chi connectivity index (χ3n) is 3.73. The number of nitrogen functional groups attached to an aromatic ring is 1. The molecule has 6 nitrogen and oxygen atoms in total. The molecule has 0 radical (unpaired) electrons. The summed E-state index contributed by atoms with van der Waals surface area (Å²) in [6.07, 6.45) is 4.91. The maximum Gasteiger partial charge on any atom is 0.257 e. The maximum absolute atomic E-state index is 12.2. The van der Waals surface area contributed by atoms with E-state index in [0.717, 1.165) is 12.4 Å². The van der Waals surface area contributed by atoms with Gasteiger partial charge in [0.15, 0.2) is 0 Å². The minimum atomic E-state index is -0.395. The standard InChI is InChI=1S/C15H16N4O2/c16-12-3-1-10(2-4-12)14(20)18-15(21)11-5-7-19-8-6-17-13(19)9-11/h1-4,6,8,11H,5,7,9,16H2,(H,18,20,21). The molecule has 0 saturated carbocycles. The van der Waals surface area contributed by atoms with Crippen molar-refractivity contribution in [1.82, 2.24) is 14.9 Å². The van der Waals surface area contributed by atoms with Crippen LogP contribution in [-0.4, -0.2) is 21.4 Å². The molecule has 2 aromatic rings. The van der Waals surface area contributed by atoms with Gasteiger partial charge < -0.3 is 10.3 Å². The Morgan fingerprint density at radius 3 is 2.81 bits per heavy atom. The number of rotatable bonds is 2. The lowest BCUT2D eigenvalue weighted by molar-refractivity contribution is -0.124. The zero-order chi connectivity index (χ0) is 14.8. The predicted octanol–water partition coefficient (Wildman–Crippen LogP) is 0.984. The van der Waals surface area contributed by atoms with Crippen LogP contribution in [0.25, 0.3) is 0 Å². The first kappa shape index (κ1) is 13.4. The van der Waals surface area contributed by atoms with Gasteiger partial charge in [-0.1, -0.05) is 0 Å². The molecule has 21 heavy (non-hydrogen) atoms. The fraction of sp³-hybridized carbons (Fsp3) is 0.267. The highest BCUT2D eigenvalue weighted by molar-refractivity contribution is 6.05. The molecule has 0 aliphatic carbocycles. The second-order valence-electron chi connectivity index (χ2n) is 5.17. The molecule has 2 amide bonds. The topological polar surface area (TPSA) is 90.0 Å². The zero-order valence-corrected chi connectivity index (χ0v) is 11.5. The van der Waals surface area contributed by atoms with E-state index in [0.29, 0.717) is 24.1 Å². The van der Waals surface area contributed by atoms with E-state index in [2.05, 4.69) is 10.3 Å². The lowest BCUT2D eigenvalue weighted by atomic mass is 9.97. The number of carbonyl (C=O) groups excluding carboxylic acids is 2. The van der Waals surface area contributed by atoms with Crippen LogP contribution in [0.4, 0.5) is 5.69 Å². The van der Waals surface area contributed by atoms with Crippen molar-refractivity contribution in [2.45, 2.75) is 19.4 Å². The van der Waals surface area contributed by atoms with Gasteiger partial charge in [-0.05, 0) is 30.7 Å². The van der Waals surface area contributed by atoms with Crippen LogP contribution in [0.1, 0.15) is 22.6 Å². The number of fused-ring (bicyclic) bond motifs is 1. The van der Waals surface area contributed by atoms with Crippen LogP contribution < -0.4 is 11.1 Å². The highest BCUT2D eigenvalue weighted by Gasteiger charge is 2.26. The number of aromatic nitrogens is 2. The predicted molar refractivity (Wildman–Crippen MR) is 77.4 cm³/mol. The number of imidazole rings is 1. The number of amides is 2. The van der Waals surface area contributed by atoms with Crippen molar-refractivity contribution in [2.24, 2.45) is 5.92 Å². The first-order valence-electron chi connectivity index (χ1n) is 6.84. The van der Waals surface area contributed by atoms with E-state index in [1.807, 2.05) is 10.8 Å². The third-order valence-corrected chi connectivity index (χ3v) is 3.73. The van der Waals surface area contributed by atoms with Gasteiger partial charge in [0.1, 0.15) is 5.82 Å². The van der Waals surface area contributed by atoms with Gasteiger partial charge in [0, 0.05) is 42.5 Å². The fourth-order valence-electron chi connectivity index (χ4n) is 2.50. The Labute approximate surface area is 122 Å². The van der Waals surface area contributed by atoms with Gasteiger partial charge in [0.05, 0.1) is 0 Å². The monoisotopic (exact) mass is 284 g/mol. The van der Waals surface area contributed by atoms with Crippen LogP contribution in [0.3, 0.4) is 0 Å². The number of nitrogens with one attached hydrogen (secondary N) is 1. The summed E-state index contributed by atoms with van der Waals surface area (Å²) in [5.41, 5.74) is 6.58. The molecular weight excluding hydrogens is 268 g/mol. The molecule has 0 fully saturated rings. The van der Waals surface area contributed by atoms with Crippen LogP contribution >= 0.6 is 0 Å². The van der Waals surface area contributed by atoms with Gasteiger partial charge in [0.2, 0.25) is 5.91 Å². The summed E-state index contributed by atoms with van der Waals surface area (Å²) in [4.78, 5) is 28.4. The molecule has 3 rings (SSSR count). The van der Waals surface area contributed by atoms with Gasteiger partial charge >= 0.3 is 0 Å². The molecule has 6 heteroatoms. The molecule has 0 saturated heterocycles. The van der Waals surface area contributed by atoms with E-state index in [9.17, 15) is 9.59 Å². The molecule has 3 N–H and O–H groups in total. The van der Waals surface area contributed by atoms with Crippen LogP contribution in [-0.2, 0) is 17.8 Å². The lowest BCUT2D eigenvalue weighted by Crippen LogP contribution is -2.38. The molecule has 1 unspecified atom stereocenters. The molecule has 108 valence electrons. The van der Waals surface area contributed by atoms with Crippen molar-refractivity contribution in [1.29, 1.82) is 0 Å². The Hall–Kier alpha value is -2.63. The SMILES string of the molecule is Nc1ccc(C(=O)NC(=O)C2CCn3ccnc3C2)cc1. The minimum absolute atomic E-state index is 0.211. The highest BCUT2D eigenvalue weighted by Crippen LogP contribution is 2.19. The minimum Gasteiger partial charge on any atom is -0.399 e. The molecule has 1 aromatic heterocycles. The van der Waals surface area contributed by atoms with Crippen molar-refractivity contribution in [3.05, 3.63) is 48.0 Å². The number of nitrogens with zero attached hydrogens (tertiary/aromatic N) is 2. The van der Waals surface area contributed by atoms with Crippen molar-refractivity contribution in [3.63, 3.8) is 0 Å². The molecule has 1 aliphatic heterocycles. The second-order valence-corrected chi connectivity index (χ2v) is 5.17. The molecule has 1 aliphatic rings. The number of carbonyl (C=O) groups is 2. The number of anilines is 1. The molecule has 1 atom stereocenters. The van der Waals surface area contributed by atoms with Gasteiger partial charge in [-0.15, -0.1) is 0 Å². The molecule has 2 heterocycles. The highest BCUT2D eigenvalue weighted by atomic mass is 16.2. The summed E-state index contributed by atoms with van der Waals surface area (Å²) >= 11 is 0. The third kappa shape index (κ3) is 2.79. The number of hydrogen-bond acceptors (Lipinski definition) is 4. The summed E-state index contributed by atoms with van der Waals surface area (Å²) in [6, 6.07) is 6.48. The Morgan fingerprint density at radius 1 is 1.29 bits per heavy atom. The Morgan fingerprint density at radius 2 is 2.05 bits per heavy atom. The average molecular weight is 284 g/mol. The van der Waals surface area contributed by atoms with E-state index in [1.165, 1.54) is 0 Å². The van der Waals surface area contributed by atoms with E-state index in [4.69, 9.17) is 5.73 Å².